The van der Waals surface area contributed by atoms with E-state index in [1.165, 1.54) is 61.6 Å². The first-order chi connectivity index (χ1) is 26.8. The lowest BCUT2D eigenvalue weighted by Crippen LogP contribution is -2.30. The molecule has 0 saturated heterocycles. The van der Waals surface area contributed by atoms with Gasteiger partial charge in [-0.05, 0) is 124 Å². The van der Waals surface area contributed by atoms with Gasteiger partial charge in [0, 0.05) is 46.0 Å². The van der Waals surface area contributed by atoms with Crippen molar-refractivity contribution in [1.29, 1.82) is 0 Å². The van der Waals surface area contributed by atoms with Crippen molar-refractivity contribution in [3.05, 3.63) is 245 Å². The van der Waals surface area contributed by atoms with Crippen molar-refractivity contribution in [2.45, 2.75) is 12.8 Å². The van der Waals surface area contributed by atoms with Crippen molar-refractivity contribution < 1.29 is 0 Å². The quantitative estimate of drug-likeness (QED) is 0.160. The number of hydrogen-bond donors (Lipinski definition) is 0. The van der Waals surface area contributed by atoms with Gasteiger partial charge in [0.25, 0.3) is 0 Å². The van der Waals surface area contributed by atoms with E-state index in [1.54, 1.807) is 0 Å². The molecule has 2 atom stereocenters. The van der Waals surface area contributed by atoms with Gasteiger partial charge in [-0.1, -0.05) is 140 Å². The highest BCUT2D eigenvalue weighted by atomic mass is 15.2. The van der Waals surface area contributed by atoms with Crippen molar-refractivity contribution >= 4 is 39.6 Å². The first-order valence-corrected chi connectivity index (χ1v) is 19.1. The lowest BCUT2D eigenvalue weighted by molar-refractivity contribution is 0.569. The molecule has 0 aromatic heterocycles. The summed E-state index contributed by atoms with van der Waals surface area (Å²) in [6, 6.07) is 50.3. The summed E-state index contributed by atoms with van der Waals surface area (Å²) in [5.74, 6) is 0.574. The second kappa shape index (κ2) is 13.7. The topological polar surface area (TPSA) is 6.48 Å². The molecule has 0 fully saturated rings. The van der Waals surface area contributed by atoms with Gasteiger partial charge in [0.1, 0.15) is 0 Å². The van der Waals surface area contributed by atoms with Crippen LogP contribution in [0.1, 0.15) is 24.0 Å². The maximum Gasteiger partial charge on any atom is 0.0462 e. The number of nitrogens with zero attached hydrogens (tertiary/aromatic N) is 2. The molecule has 258 valence electrons. The van der Waals surface area contributed by atoms with Crippen molar-refractivity contribution in [3.63, 3.8) is 0 Å². The lowest BCUT2D eigenvalue weighted by atomic mass is 9.61. The summed E-state index contributed by atoms with van der Waals surface area (Å²) in [6.07, 6.45) is 27.6. The molecule has 0 radical (unpaired) electrons. The predicted octanol–water partition coefficient (Wildman–Crippen LogP) is 13.5. The van der Waals surface area contributed by atoms with Crippen LogP contribution in [0.3, 0.4) is 0 Å². The van der Waals surface area contributed by atoms with Gasteiger partial charge in [-0.2, -0.15) is 0 Å². The van der Waals surface area contributed by atoms with Crippen molar-refractivity contribution in [2.24, 2.45) is 11.8 Å². The zero-order chi connectivity index (χ0) is 35.8. The Morgan fingerprint density at radius 1 is 0.426 bits per heavy atom. The second-order valence-electron chi connectivity index (χ2n) is 14.4. The number of anilines is 5. The van der Waals surface area contributed by atoms with E-state index in [9.17, 15) is 0 Å². The van der Waals surface area contributed by atoms with Gasteiger partial charge in [0.2, 0.25) is 0 Å². The van der Waals surface area contributed by atoms with E-state index < -0.39 is 0 Å². The lowest BCUT2D eigenvalue weighted by Gasteiger charge is -2.42. The van der Waals surface area contributed by atoms with E-state index in [0.29, 0.717) is 0 Å². The second-order valence-corrected chi connectivity index (χ2v) is 14.4. The highest BCUT2D eigenvalue weighted by Gasteiger charge is 2.40. The standard InChI is InChI=1S/C52H40N2/c1-5-13-41(14-6-1)53(42-15-7-2-8-16-42)45-29-21-37(22-30-45)47-33-25-39-28-36-50-48(34-26-40-27-35-49(47)51(39)52(40)50)38-23-31-46(32-24-38)54(43-17-9-3-10-18-43)44-19-11-4-12-20-44/h1-11,13-19,21-36,51-52H,12,20H2. The van der Waals surface area contributed by atoms with E-state index >= 15 is 0 Å². The molecule has 0 aliphatic heterocycles. The summed E-state index contributed by atoms with van der Waals surface area (Å²) in [6.45, 7) is 0. The number of rotatable bonds is 8. The van der Waals surface area contributed by atoms with Crippen LogP contribution in [0.2, 0.25) is 0 Å². The summed E-state index contributed by atoms with van der Waals surface area (Å²) >= 11 is 0. The normalized spacial score (nSPS) is 19.2. The molecule has 5 aromatic carbocycles. The molecule has 54 heavy (non-hydrogen) atoms. The zero-order valence-electron chi connectivity index (χ0n) is 30.1. The smallest absolute Gasteiger partial charge is 0.0462 e. The third kappa shape index (κ3) is 5.68. The van der Waals surface area contributed by atoms with Gasteiger partial charge >= 0.3 is 0 Å². The van der Waals surface area contributed by atoms with Crippen molar-refractivity contribution in [2.75, 3.05) is 9.80 Å². The van der Waals surface area contributed by atoms with Gasteiger partial charge in [-0.25, -0.2) is 0 Å². The van der Waals surface area contributed by atoms with Crippen LogP contribution in [-0.2, 0) is 0 Å². The Kier molecular flexibility index (Phi) is 8.15. The number of para-hydroxylation sites is 3. The minimum atomic E-state index is 0.286. The molecule has 0 N–H and O–H groups in total. The Labute approximate surface area is 318 Å². The van der Waals surface area contributed by atoms with Crippen LogP contribution in [0, 0.1) is 11.8 Å². The molecular weight excluding hydrogens is 653 g/mol. The fourth-order valence-electron chi connectivity index (χ4n) is 8.82. The van der Waals surface area contributed by atoms with E-state index in [2.05, 4.69) is 216 Å². The summed E-state index contributed by atoms with van der Waals surface area (Å²) < 4.78 is 0. The molecule has 5 aliphatic carbocycles. The molecule has 5 aliphatic rings. The highest BCUT2D eigenvalue weighted by molar-refractivity contribution is 5.90. The third-order valence-corrected chi connectivity index (χ3v) is 11.3. The first-order valence-electron chi connectivity index (χ1n) is 19.1. The number of hydrogen-bond acceptors (Lipinski definition) is 2. The monoisotopic (exact) mass is 692 g/mol. The van der Waals surface area contributed by atoms with Gasteiger partial charge < -0.3 is 9.80 Å². The molecule has 0 amide bonds. The molecule has 0 bridgehead atoms. The zero-order valence-corrected chi connectivity index (χ0v) is 30.1. The molecule has 2 heteroatoms. The average Bonchev–Trinajstić information content (AvgIpc) is 3.25. The van der Waals surface area contributed by atoms with Crippen LogP contribution in [0.25, 0.3) is 11.1 Å². The Morgan fingerprint density at radius 2 is 0.963 bits per heavy atom. The van der Waals surface area contributed by atoms with Crippen LogP contribution >= 0.6 is 0 Å². The molecule has 0 spiro atoms. The predicted molar refractivity (Wildman–Crippen MR) is 227 cm³/mol. The maximum absolute atomic E-state index is 2.40. The summed E-state index contributed by atoms with van der Waals surface area (Å²) in [5, 5.41) is 0. The fraction of sp³-hybridized carbons (Fsp3) is 0.0769. The minimum Gasteiger partial charge on any atom is -0.314 e. The summed E-state index contributed by atoms with van der Waals surface area (Å²) in [4.78, 5) is 4.73. The Hall–Kier alpha value is -6.64. The van der Waals surface area contributed by atoms with Crippen LogP contribution in [-0.4, -0.2) is 0 Å². The van der Waals surface area contributed by atoms with E-state index in [-0.39, 0.29) is 11.8 Å². The van der Waals surface area contributed by atoms with Crippen LogP contribution in [0.4, 0.5) is 28.4 Å². The van der Waals surface area contributed by atoms with Gasteiger partial charge in [0.05, 0.1) is 0 Å². The molecule has 10 rings (SSSR count). The Morgan fingerprint density at radius 3 is 1.59 bits per heavy atom. The SMILES string of the molecule is C1=CCCC(N(c2ccccc2)c2ccc(C3=CC=C4C=CC5=C(c6ccc(N(c7ccccc7)c7ccccc7)cc6)C=CC6=CC=C3C4C65)cc2)=C1. The third-order valence-electron chi connectivity index (χ3n) is 11.3. The summed E-state index contributed by atoms with van der Waals surface area (Å²) in [5.41, 5.74) is 17.8. The first kappa shape index (κ1) is 32.0. The highest BCUT2D eigenvalue weighted by Crippen LogP contribution is 2.54. The fourth-order valence-corrected chi connectivity index (χ4v) is 8.82. The Balaban J connectivity index is 0.967. The van der Waals surface area contributed by atoms with Gasteiger partial charge in [-0.3, -0.25) is 0 Å². The number of allylic oxidation sites excluding steroid dienone is 18. The Bertz CT molecular complexity index is 2460. The van der Waals surface area contributed by atoms with Crippen LogP contribution in [0.5, 0.6) is 0 Å². The molecule has 2 nitrogen and oxygen atoms in total. The summed E-state index contributed by atoms with van der Waals surface area (Å²) in [7, 11) is 0. The molecular formula is C52H40N2. The number of benzene rings is 5. The maximum atomic E-state index is 2.40. The molecule has 5 aromatic rings. The minimum absolute atomic E-state index is 0.286. The van der Waals surface area contributed by atoms with Gasteiger partial charge in [-0.15, -0.1) is 0 Å². The van der Waals surface area contributed by atoms with Crippen molar-refractivity contribution in [1.82, 2.24) is 0 Å². The van der Waals surface area contributed by atoms with Crippen LogP contribution < -0.4 is 9.80 Å². The van der Waals surface area contributed by atoms with E-state index in [1.807, 2.05) is 0 Å². The van der Waals surface area contributed by atoms with Crippen molar-refractivity contribution in [3.8, 4) is 0 Å². The van der Waals surface area contributed by atoms with Gasteiger partial charge in [0.15, 0.2) is 0 Å². The van der Waals surface area contributed by atoms with Crippen LogP contribution in [0.15, 0.2) is 234 Å². The average molecular weight is 693 g/mol. The molecule has 2 unspecified atom stereocenters. The molecule has 0 saturated carbocycles. The van der Waals surface area contributed by atoms with E-state index in [4.69, 9.17) is 0 Å². The van der Waals surface area contributed by atoms with E-state index in [0.717, 1.165) is 29.9 Å². The largest absolute Gasteiger partial charge is 0.314 e. The molecule has 0 heterocycles.